The Kier molecular flexibility index (Phi) is 6.86. The van der Waals surface area contributed by atoms with Crippen LogP contribution in [0.25, 0.3) is 0 Å². The van der Waals surface area contributed by atoms with Crippen molar-refractivity contribution in [3.8, 4) is 0 Å². The molecule has 9 heteroatoms. The van der Waals surface area contributed by atoms with Crippen LogP contribution < -0.4 is 0 Å². The first kappa shape index (κ1) is 24.1. The number of amides is 1. The van der Waals surface area contributed by atoms with Crippen LogP contribution in [0, 0.1) is 0 Å². The van der Waals surface area contributed by atoms with Gasteiger partial charge in [0.2, 0.25) is 21.7 Å². The maximum atomic E-state index is 12.9. The van der Waals surface area contributed by atoms with Gasteiger partial charge in [0.1, 0.15) is 0 Å². The Morgan fingerprint density at radius 3 is 2.15 bits per heavy atom. The third-order valence-electron chi connectivity index (χ3n) is 6.45. The van der Waals surface area contributed by atoms with Crippen molar-refractivity contribution in [3.05, 3.63) is 64.7 Å². The normalized spacial score (nSPS) is 17.2. The van der Waals surface area contributed by atoms with Gasteiger partial charge in [0.05, 0.1) is 10.5 Å². The number of ether oxygens (including phenoxy) is 1. The Bertz CT molecular complexity index is 1210. The first-order chi connectivity index (χ1) is 16.2. The van der Waals surface area contributed by atoms with Crippen LogP contribution in [0.15, 0.2) is 47.4 Å². The fourth-order valence-electron chi connectivity index (χ4n) is 4.40. The number of hydrogen-bond donors (Lipinski definition) is 0. The van der Waals surface area contributed by atoms with Crippen molar-refractivity contribution in [2.24, 2.45) is 0 Å². The Labute approximate surface area is 199 Å². The summed E-state index contributed by atoms with van der Waals surface area (Å²) in [5, 5.41) is 0. The predicted molar refractivity (Wildman–Crippen MR) is 125 cm³/mol. The number of hydrogen-bond acceptors (Lipinski definition) is 6. The number of fused-ring (bicyclic) bond motifs is 1. The van der Waals surface area contributed by atoms with Gasteiger partial charge in [-0.25, -0.2) is 13.2 Å². The number of carbonyl (C=O) groups is 3. The highest BCUT2D eigenvalue weighted by molar-refractivity contribution is 7.89. The highest BCUT2D eigenvalue weighted by atomic mass is 32.2. The smallest absolute Gasteiger partial charge is 0.338 e. The van der Waals surface area contributed by atoms with E-state index in [1.807, 2.05) is 12.1 Å². The van der Waals surface area contributed by atoms with Crippen molar-refractivity contribution >= 4 is 27.7 Å². The number of sulfonamides is 1. The second-order valence-corrected chi connectivity index (χ2v) is 10.6. The second kappa shape index (κ2) is 9.68. The first-order valence-corrected chi connectivity index (χ1v) is 12.8. The van der Waals surface area contributed by atoms with Gasteiger partial charge >= 0.3 is 5.97 Å². The van der Waals surface area contributed by atoms with Crippen LogP contribution in [0.1, 0.15) is 52.1 Å². The van der Waals surface area contributed by atoms with Gasteiger partial charge in [-0.3, -0.25) is 9.59 Å². The number of Topliss-reactive ketones (excluding diaryl/α,β-unsaturated/α-hetero) is 1. The van der Waals surface area contributed by atoms with Crippen molar-refractivity contribution in [1.29, 1.82) is 0 Å². The highest BCUT2D eigenvalue weighted by Gasteiger charge is 2.29. The van der Waals surface area contributed by atoms with Gasteiger partial charge in [-0.05, 0) is 67.6 Å². The van der Waals surface area contributed by atoms with Gasteiger partial charge in [-0.2, -0.15) is 4.31 Å². The lowest BCUT2D eigenvalue weighted by molar-refractivity contribution is -0.129. The van der Waals surface area contributed by atoms with E-state index >= 15 is 0 Å². The van der Waals surface area contributed by atoms with Crippen LogP contribution in [0.4, 0.5) is 0 Å². The molecular formula is C25H28N2O6S. The van der Waals surface area contributed by atoms with E-state index in [1.54, 1.807) is 11.0 Å². The van der Waals surface area contributed by atoms with Crippen molar-refractivity contribution in [2.75, 3.05) is 26.2 Å². The topological polar surface area (TPSA) is 101 Å². The molecule has 1 saturated heterocycles. The molecule has 180 valence electrons. The Morgan fingerprint density at radius 2 is 1.50 bits per heavy atom. The van der Waals surface area contributed by atoms with Crippen LogP contribution >= 0.6 is 0 Å². The molecule has 0 aromatic heterocycles. The molecule has 0 saturated carbocycles. The van der Waals surface area contributed by atoms with Gasteiger partial charge < -0.3 is 9.64 Å². The fraction of sp³-hybridized carbons (Fsp3) is 0.400. The fourth-order valence-corrected chi connectivity index (χ4v) is 5.82. The Balaban J connectivity index is 1.39. The van der Waals surface area contributed by atoms with Gasteiger partial charge in [-0.1, -0.05) is 12.1 Å². The van der Waals surface area contributed by atoms with E-state index < -0.39 is 22.1 Å². The minimum absolute atomic E-state index is 0.0580. The molecule has 1 aliphatic heterocycles. The number of ketones is 1. The van der Waals surface area contributed by atoms with E-state index in [1.165, 1.54) is 53.5 Å². The maximum Gasteiger partial charge on any atom is 0.338 e. The van der Waals surface area contributed by atoms with Crippen molar-refractivity contribution in [3.63, 3.8) is 0 Å². The predicted octanol–water partition coefficient (Wildman–Crippen LogP) is 2.46. The molecule has 0 bridgehead atoms. The number of esters is 1. The van der Waals surface area contributed by atoms with E-state index in [2.05, 4.69) is 0 Å². The lowest BCUT2D eigenvalue weighted by Gasteiger charge is -2.33. The molecule has 1 heterocycles. The molecular weight excluding hydrogens is 456 g/mol. The molecule has 1 amide bonds. The molecule has 0 spiro atoms. The standard InChI is InChI=1S/C25H28N2O6S/c1-17(24(29)22-7-6-19-4-3-5-21(19)16-22)33-25(30)20-8-10-23(11-9-20)34(31,32)27-14-12-26(13-15-27)18(2)28/h6-11,16-17H,3-5,12-15H2,1-2H3. The third kappa shape index (κ3) is 4.90. The van der Waals surface area contributed by atoms with Crippen molar-refractivity contribution in [1.82, 2.24) is 9.21 Å². The summed E-state index contributed by atoms with van der Waals surface area (Å²) < 4.78 is 32.5. The lowest BCUT2D eigenvalue weighted by atomic mass is 10.0. The molecule has 34 heavy (non-hydrogen) atoms. The summed E-state index contributed by atoms with van der Waals surface area (Å²) in [7, 11) is -3.74. The minimum Gasteiger partial charge on any atom is -0.451 e. The van der Waals surface area contributed by atoms with Gasteiger partial charge in [-0.15, -0.1) is 0 Å². The second-order valence-electron chi connectivity index (χ2n) is 8.68. The lowest BCUT2D eigenvalue weighted by Crippen LogP contribution is -2.49. The first-order valence-electron chi connectivity index (χ1n) is 11.4. The van der Waals surface area contributed by atoms with Gasteiger partial charge in [0.15, 0.2) is 6.10 Å². The van der Waals surface area contributed by atoms with E-state index in [0.717, 1.165) is 19.3 Å². The zero-order valence-electron chi connectivity index (χ0n) is 19.3. The summed E-state index contributed by atoms with van der Waals surface area (Å²) in [6, 6.07) is 11.1. The molecule has 1 unspecified atom stereocenters. The monoisotopic (exact) mass is 484 g/mol. The number of piperazine rings is 1. The molecule has 0 radical (unpaired) electrons. The summed E-state index contributed by atoms with van der Waals surface area (Å²) in [4.78, 5) is 38.4. The largest absolute Gasteiger partial charge is 0.451 e. The van der Waals surface area contributed by atoms with Crippen LogP contribution in [-0.4, -0.2) is 67.6 Å². The van der Waals surface area contributed by atoms with Crippen molar-refractivity contribution < 1.29 is 27.5 Å². The number of nitrogens with zero attached hydrogens (tertiary/aromatic N) is 2. The van der Waals surface area contributed by atoms with Crippen LogP contribution in [-0.2, 0) is 32.4 Å². The summed E-state index contributed by atoms with van der Waals surface area (Å²) in [6.07, 6.45) is 2.09. The van der Waals surface area contributed by atoms with Gasteiger partial charge in [0, 0.05) is 38.7 Å². The molecule has 8 nitrogen and oxygen atoms in total. The van der Waals surface area contributed by atoms with Crippen LogP contribution in [0.3, 0.4) is 0 Å². The Hall–Kier alpha value is -3.04. The van der Waals surface area contributed by atoms with Crippen molar-refractivity contribution in [2.45, 2.75) is 44.1 Å². The molecule has 1 atom stereocenters. The number of carbonyl (C=O) groups excluding carboxylic acids is 3. The molecule has 2 aliphatic rings. The summed E-state index contributed by atoms with van der Waals surface area (Å²) in [6.45, 7) is 4.11. The van der Waals surface area contributed by atoms with E-state index in [9.17, 15) is 22.8 Å². The zero-order valence-corrected chi connectivity index (χ0v) is 20.1. The quantitative estimate of drug-likeness (QED) is 0.461. The maximum absolute atomic E-state index is 12.9. The van der Waals surface area contributed by atoms with Crippen LogP contribution in [0.2, 0.25) is 0 Å². The summed E-state index contributed by atoms with van der Waals surface area (Å²) in [5.74, 6) is -1.04. The minimum atomic E-state index is -3.74. The SMILES string of the molecule is CC(=O)N1CCN(S(=O)(=O)c2ccc(C(=O)OC(C)C(=O)c3ccc4c(c3)CCC4)cc2)CC1. The third-order valence-corrected chi connectivity index (χ3v) is 8.36. The average Bonchev–Trinajstić information content (AvgIpc) is 3.31. The average molecular weight is 485 g/mol. The van der Waals surface area contributed by atoms with Gasteiger partial charge in [0.25, 0.3) is 0 Å². The Morgan fingerprint density at radius 1 is 0.882 bits per heavy atom. The molecule has 1 aliphatic carbocycles. The molecule has 2 aromatic rings. The summed E-state index contributed by atoms with van der Waals surface area (Å²) >= 11 is 0. The molecule has 4 rings (SSSR count). The van der Waals surface area contributed by atoms with E-state index in [-0.39, 0.29) is 35.2 Å². The van der Waals surface area contributed by atoms with E-state index in [0.29, 0.717) is 18.7 Å². The molecule has 0 N–H and O–H groups in total. The molecule has 2 aromatic carbocycles. The number of aryl methyl sites for hydroxylation is 2. The van der Waals surface area contributed by atoms with E-state index in [4.69, 9.17) is 4.74 Å². The number of rotatable bonds is 6. The number of benzene rings is 2. The summed E-state index contributed by atoms with van der Waals surface area (Å²) in [5.41, 5.74) is 3.11. The van der Waals surface area contributed by atoms with Crippen LogP contribution in [0.5, 0.6) is 0 Å². The molecule has 1 fully saturated rings. The zero-order chi connectivity index (χ0) is 24.5. The highest BCUT2D eigenvalue weighted by Crippen LogP contribution is 2.24.